The predicted molar refractivity (Wildman–Crippen MR) is 73.3 cm³/mol. The summed E-state index contributed by atoms with van der Waals surface area (Å²) >= 11 is 5.67. The van der Waals surface area contributed by atoms with Gasteiger partial charge >= 0.3 is 0 Å². The van der Waals surface area contributed by atoms with Crippen LogP contribution in [-0.2, 0) is 16.6 Å². The third-order valence-electron chi connectivity index (χ3n) is 2.65. The van der Waals surface area contributed by atoms with E-state index in [0.29, 0.717) is 10.7 Å². The third kappa shape index (κ3) is 3.53. The Bertz CT molecular complexity index is 717. The number of rotatable bonds is 5. The zero-order chi connectivity index (χ0) is 14.8. The second-order valence-corrected chi connectivity index (χ2v) is 6.50. The lowest BCUT2D eigenvalue weighted by Gasteiger charge is -2.01. The SMILES string of the molecule is CNS(=O)(=O)CCn1cc(-c2ccc(Cl)cc2F)nn1. The Morgan fingerprint density at radius 1 is 1.45 bits per heavy atom. The molecule has 2 aromatic rings. The molecule has 0 radical (unpaired) electrons. The van der Waals surface area contributed by atoms with Crippen LogP contribution in [0.2, 0.25) is 5.02 Å². The number of halogens is 2. The second-order valence-electron chi connectivity index (χ2n) is 4.01. The first-order valence-corrected chi connectivity index (χ1v) is 7.71. The van der Waals surface area contributed by atoms with E-state index in [0.717, 1.165) is 0 Å². The fraction of sp³-hybridized carbons (Fsp3) is 0.273. The van der Waals surface area contributed by atoms with Crippen LogP contribution in [0.25, 0.3) is 11.3 Å². The number of hydrogen-bond acceptors (Lipinski definition) is 4. The lowest BCUT2D eigenvalue weighted by atomic mass is 10.1. The van der Waals surface area contributed by atoms with Crippen molar-refractivity contribution in [1.29, 1.82) is 0 Å². The van der Waals surface area contributed by atoms with Crippen molar-refractivity contribution in [3.8, 4) is 11.3 Å². The smallest absolute Gasteiger partial charge is 0.213 e. The first kappa shape index (κ1) is 14.9. The minimum absolute atomic E-state index is 0.130. The lowest BCUT2D eigenvalue weighted by Crippen LogP contribution is -2.24. The van der Waals surface area contributed by atoms with Crippen LogP contribution in [-0.4, -0.2) is 36.2 Å². The Balaban J connectivity index is 2.17. The Morgan fingerprint density at radius 3 is 2.85 bits per heavy atom. The molecule has 2 rings (SSSR count). The van der Waals surface area contributed by atoms with Crippen LogP contribution in [0.15, 0.2) is 24.4 Å². The quantitative estimate of drug-likeness (QED) is 0.901. The minimum Gasteiger partial charge on any atom is -0.251 e. The molecule has 108 valence electrons. The number of sulfonamides is 1. The Hall–Kier alpha value is -1.51. The van der Waals surface area contributed by atoms with Crippen molar-refractivity contribution < 1.29 is 12.8 Å². The highest BCUT2D eigenvalue weighted by atomic mass is 35.5. The molecule has 0 saturated heterocycles. The molecule has 0 unspecified atom stereocenters. The van der Waals surface area contributed by atoms with E-state index < -0.39 is 15.8 Å². The summed E-state index contributed by atoms with van der Waals surface area (Å²) in [5.74, 6) is -0.637. The van der Waals surface area contributed by atoms with E-state index >= 15 is 0 Å². The molecule has 6 nitrogen and oxygen atoms in total. The lowest BCUT2D eigenvalue weighted by molar-refractivity contribution is 0.568. The van der Waals surface area contributed by atoms with E-state index in [2.05, 4.69) is 15.0 Å². The highest BCUT2D eigenvalue weighted by Gasteiger charge is 2.12. The molecule has 1 aromatic heterocycles. The molecule has 1 aromatic carbocycles. The number of benzene rings is 1. The summed E-state index contributed by atoms with van der Waals surface area (Å²) in [4.78, 5) is 0. The molecule has 0 aliphatic carbocycles. The first-order valence-electron chi connectivity index (χ1n) is 5.68. The van der Waals surface area contributed by atoms with Crippen LogP contribution >= 0.6 is 11.6 Å². The first-order chi connectivity index (χ1) is 9.41. The van der Waals surface area contributed by atoms with Gasteiger partial charge < -0.3 is 0 Å². The van der Waals surface area contributed by atoms with Crippen molar-refractivity contribution in [2.75, 3.05) is 12.8 Å². The van der Waals surface area contributed by atoms with Crippen molar-refractivity contribution in [1.82, 2.24) is 19.7 Å². The summed E-state index contributed by atoms with van der Waals surface area (Å²) in [7, 11) is -1.98. The summed E-state index contributed by atoms with van der Waals surface area (Å²) in [5, 5.41) is 7.88. The van der Waals surface area contributed by atoms with Gasteiger partial charge in [0.1, 0.15) is 11.5 Å². The second kappa shape index (κ2) is 5.86. The minimum atomic E-state index is -3.32. The number of nitrogens with one attached hydrogen (secondary N) is 1. The van der Waals surface area contributed by atoms with E-state index in [-0.39, 0.29) is 17.9 Å². The molecule has 0 aliphatic heterocycles. The Labute approximate surface area is 120 Å². The van der Waals surface area contributed by atoms with E-state index in [1.165, 1.54) is 30.1 Å². The molecule has 0 spiro atoms. The molecule has 0 fully saturated rings. The van der Waals surface area contributed by atoms with Gasteiger partial charge in [0.2, 0.25) is 10.0 Å². The van der Waals surface area contributed by atoms with E-state index in [9.17, 15) is 12.8 Å². The van der Waals surface area contributed by atoms with Crippen molar-refractivity contribution in [2.45, 2.75) is 6.54 Å². The van der Waals surface area contributed by atoms with Gasteiger partial charge in [0.25, 0.3) is 0 Å². The molecule has 0 bridgehead atoms. The van der Waals surface area contributed by atoms with E-state index in [1.807, 2.05) is 0 Å². The summed E-state index contributed by atoms with van der Waals surface area (Å²) in [6.45, 7) is 0.130. The van der Waals surface area contributed by atoms with Crippen LogP contribution in [0.3, 0.4) is 0 Å². The molecule has 0 aliphatic rings. The fourth-order valence-electron chi connectivity index (χ4n) is 1.54. The van der Waals surface area contributed by atoms with Gasteiger partial charge in [-0.05, 0) is 25.2 Å². The van der Waals surface area contributed by atoms with E-state index in [1.54, 1.807) is 6.07 Å². The topological polar surface area (TPSA) is 76.9 Å². The zero-order valence-electron chi connectivity index (χ0n) is 10.5. The predicted octanol–water partition coefficient (Wildman–Crippen LogP) is 1.29. The average molecular weight is 319 g/mol. The standard InChI is InChI=1S/C11H12ClFN4O2S/c1-14-20(18,19)5-4-17-7-11(15-16-17)9-3-2-8(12)6-10(9)13/h2-3,6-7,14H,4-5H2,1H3. The normalized spacial score (nSPS) is 11.8. The highest BCUT2D eigenvalue weighted by Crippen LogP contribution is 2.23. The van der Waals surface area contributed by atoms with Gasteiger partial charge in [-0.2, -0.15) is 0 Å². The van der Waals surface area contributed by atoms with Crippen LogP contribution in [0.5, 0.6) is 0 Å². The van der Waals surface area contributed by atoms with Gasteiger partial charge in [0.05, 0.1) is 18.5 Å². The molecule has 0 atom stereocenters. The Morgan fingerprint density at radius 2 is 2.20 bits per heavy atom. The highest BCUT2D eigenvalue weighted by molar-refractivity contribution is 7.89. The van der Waals surface area contributed by atoms with Crippen LogP contribution in [0.1, 0.15) is 0 Å². The van der Waals surface area contributed by atoms with Crippen molar-refractivity contribution in [2.24, 2.45) is 0 Å². The summed E-state index contributed by atoms with van der Waals surface area (Å²) < 4.78 is 39.8. The van der Waals surface area contributed by atoms with Crippen LogP contribution in [0.4, 0.5) is 4.39 Å². The van der Waals surface area contributed by atoms with Gasteiger partial charge in [0, 0.05) is 10.6 Å². The molecule has 0 amide bonds. The maximum absolute atomic E-state index is 13.7. The summed E-state index contributed by atoms with van der Waals surface area (Å²) in [6.07, 6.45) is 1.48. The van der Waals surface area contributed by atoms with Gasteiger partial charge in [-0.25, -0.2) is 17.5 Å². The molecule has 20 heavy (non-hydrogen) atoms. The van der Waals surface area contributed by atoms with Gasteiger partial charge in [-0.1, -0.05) is 16.8 Å². The van der Waals surface area contributed by atoms with Crippen molar-refractivity contribution in [3.63, 3.8) is 0 Å². The Kier molecular flexibility index (Phi) is 4.36. The summed E-state index contributed by atoms with van der Waals surface area (Å²) in [6, 6.07) is 4.22. The van der Waals surface area contributed by atoms with Crippen molar-refractivity contribution >= 4 is 21.6 Å². The zero-order valence-corrected chi connectivity index (χ0v) is 12.1. The number of hydrogen-bond donors (Lipinski definition) is 1. The van der Waals surface area contributed by atoms with Crippen molar-refractivity contribution in [3.05, 3.63) is 35.2 Å². The maximum atomic E-state index is 13.7. The molecular formula is C11H12ClFN4O2S. The van der Waals surface area contributed by atoms with E-state index in [4.69, 9.17) is 11.6 Å². The molecular weight excluding hydrogens is 307 g/mol. The molecule has 1 heterocycles. The average Bonchev–Trinajstić information content (AvgIpc) is 2.85. The summed E-state index contributed by atoms with van der Waals surface area (Å²) in [5.41, 5.74) is 0.582. The van der Waals surface area contributed by atoms with Crippen LogP contribution in [0, 0.1) is 5.82 Å². The van der Waals surface area contributed by atoms with Gasteiger partial charge in [-0.3, -0.25) is 4.68 Å². The van der Waals surface area contributed by atoms with Gasteiger partial charge in [-0.15, -0.1) is 5.10 Å². The maximum Gasteiger partial charge on any atom is 0.213 e. The third-order valence-corrected chi connectivity index (χ3v) is 4.22. The van der Waals surface area contributed by atoms with Crippen LogP contribution < -0.4 is 4.72 Å². The number of nitrogens with zero attached hydrogens (tertiary/aromatic N) is 3. The number of aromatic nitrogens is 3. The number of aryl methyl sites for hydroxylation is 1. The fourth-order valence-corrected chi connectivity index (χ4v) is 2.33. The molecule has 1 N–H and O–H groups in total. The monoisotopic (exact) mass is 318 g/mol. The largest absolute Gasteiger partial charge is 0.251 e. The molecule has 0 saturated carbocycles. The van der Waals surface area contributed by atoms with Gasteiger partial charge in [0.15, 0.2) is 0 Å². The molecule has 9 heteroatoms.